The Balaban J connectivity index is 1.81. The molecule has 2 rings (SSSR count). The van der Waals surface area contributed by atoms with Gasteiger partial charge >= 0.3 is 0 Å². The third-order valence-electron chi connectivity index (χ3n) is 3.31. The molecular formula is C16H25NO3. The molecule has 2 atom stereocenters. The summed E-state index contributed by atoms with van der Waals surface area (Å²) >= 11 is 0. The van der Waals surface area contributed by atoms with E-state index in [4.69, 9.17) is 14.2 Å². The maximum absolute atomic E-state index is 5.86. The first-order valence-corrected chi connectivity index (χ1v) is 7.41. The van der Waals surface area contributed by atoms with Crippen LogP contribution in [0.1, 0.15) is 20.8 Å². The number of morpholine rings is 1. The van der Waals surface area contributed by atoms with E-state index >= 15 is 0 Å². The number of nitrogens with zero attached hydrogens (tertiary/aromatic N) is 1. The van der Waals surface area contributed by atoms with Crippen LogP contribution in [0.2, 0.25) is 0 Å². The first-order chi connectivity index (χ1) is 9.69. The second-order valence-corrected chi connectivity index (χ2v) is 5.25. The lowest BCUT2D eigenvalue weighted by atomic mass is 10.2. The van der Waals surface area contributed by atoms with Crippen molar-refractivity contribution < 1.29 is 14.2 Å². The third-order valence-corrected chi connectivity index (χ3v) is 3.31. The van der Waals surface area contributed by atoms with E-state index in [0.29, 0.717) is 25.4 Å². The molecule has 4 heteroatoms. The zero-order valence-electron chi connectivity index (χ0n) is 12.7. The summed E-state index contributed by atoms with van der Waals surface area (Å²) in [6.45, 7) is 10.4. The number of benzene rings is 1. The standard InChI is InChI=1S/C16H25NO3/c1-4-18-15-7-5-6-8-16(15)19-10-9-17-11-13(2)20-14(3)12-17/h5-8,13-14H,4,9-12H2,1-3H3/t13-,14-/m0/s1. The first kappa shape index (κ1) is 15.1. The lowest BCUT2D eigenvalue weighted by Gasteiger charge is -2.35. The molecule has 1 heterocycles. The van der Waals surface area contributed by atoms with Crippen LogP contribution in [0.15, 0.2) is 24.3 Å². The summed E-state index contributed by atoms with van der Waals surface area (Å²) in [4.78, 5) is 2.39. The van der Waals surface area contributed by atoms with Crippen LogP contribution in [0.3, 0.4) is 0 Å². The number of hydrogen-bond donors (Lipinski definition) is 0. The number of ether oxygens (including phenoxy) is 3. The molecule has 0 spiro atoms. The van der Waals surface area contributed by atoms with Crippen molar-refractivity contribution in [1.29, 1.82) is 0 Å². The number of para-hydroxylation sites is 2. The zero-order chi connectivity index (χ0) is 14.4. The highest BCUT2D eigenvalue weighted by Gasteiger charge is 2.21. The summed E-state index contributed by atoms with van der Waals surface area (Å²) in [5, 5.41) is 0. The molecule has 0 bridgehead atoms. The first-order valence-electron chi connectivity index (χ1n) is 7.41. The summed E-state index contributed by atoms with van der Waals surface area (Å²) in [5.41, 5.74) is 0. The van der Waals surface area contributed by atoms with Gasteiger partial charge < -0.3 is 14.2 Å². The monoisotopic (exact) mass is 279 g/mol. The predicted octanol–water partition coefficient (Wildman–Crippen LogP) is 2.57. The topological polar surface area (TPSA) is 30.9 Å². The maximum atomic E-state index is 5.86. The van der Waals surface area contributed by atoms with Crippen molar-refractivity contribution in [3.63, 3.8) is 0 Å². The Labute approximate surface area is 121 Å². The van der Waals surface area contributed by atoms with E-state index in [-0.39, 0.29) is 0 Å². The Morgan fingerprint density at radius 3 is 2.30 bits per heavy atom. The fourth-order valence-electron chi connectivity index (χ4n) is 2.60. The summed E-state index contributed by atoms with van der Waals surface area (Å²) in [5.74, 6) is 1.64. The summed E-state index contributed by atoms with van der Waals surface area (Å²) < 4.78 is 17.1. The second kappa shape index (κ2) is 7.50. The van der Waals surface area contributed by atoms with E-state index in [1.54, 1.807) is 0 Å². The third kappa shape index (κ3) is 4.39. The van der Waals surface area contributed by atoms with Crippen LogP contribution in [-0.2, 0) is 4.74 Å². The molecule has 20 heavy (non-hydrogen) atoms. The number of rotatable bonds is 6. The van der Waals surface area contributed by atoms with Gasteiger partial charge in [-0.25, -0.2) is 0 Å². The molecule has 1 aliphatic rings. The van der Waals surface area contributed by atoms with E-state index in [1.807, 2.05) is 31.2 Å². The van der Waals surface area contributed by atoms with Gasteiger partial charge in [-0.15, -0.1) is 0 Å². The van der Waals surface area contributed by atoms with Crippen molar-refractivity contribution in [2.45, 2.75) is 33.0 Å². The molecule has 0 saturated carbocycles. The highest BCUT2D eigenvalue weighted by Crippen LogP contribution is 2.26. The molecule has 1 aromatic rings. The van der Waals surface area contributed by atoms with Gasteiger partial charge in [0, 0.05) is 19.6 Å². The summed E-state index contributed by atoms with van der Waals surface area (Å²) in [6.07, 6.45) is 0.601. The van der Waals surface area contributed by atoms with E-state index < -0.39 is 0 Å². The van der Waals surface area contributed by atoms with Crippen LogP contribution >= 0.6 is 0 Å². The molecule has 0 N–H and O–H groups in total. The highest BCUT2D eigenvalue weighted by molar-refractivity contribution is 5.39. The normalized spacial score (nSPS) is 23.6. The van der Waals surface area contributed by atoms with Crippen LogP contribution in [0.25, 0.3) is 0 Å². The SMILES string of the molecule is CCOc1ccccc1OCCN1C[C@H](C)O[C@@H](C)C1. The predicted molar refractivity (Wildman–Crippen MR) is 79.6 cm³/mol. The van der Waals surface area contributed by atoms with Gasteiger partial charge in [-0.2, -0.15) is 0 Å². The van der Waals surface area contributed by atoms with Gasteiger partial charge in [-0.3, -0.25) is 4.90 Å². The van der Waals surface area contributed by atoms with E-state index in [0.717, 1.165) is 31.1 Å². The lowest BCUT2D eigenvalue weighted by Crippen LogP contribution is -2.46. The van der Waals surface area contributed by atoms with Gasteiger partial charge in [-0.05, 0) is 32.9 Å². The lowest BCUT2D eigenvalue weighted by molar-refractivity contribution is -0.0699. The van der Waals surface area contributed by atoms with Gasteiger partial charge in [0.1, 0.15) is 6.61 Å². The molecule has 0 radical (unpaired) electrons. The van der Waals surface area contributed by atoms with Crippen molar-refractivity contribution in [1.82, 2.24) is 4.90 Å². The molecule has 112 valence electrons. The Bertz CT molecular complexity index is 400. The van der Waals surface area contributed by atoms with Gasteiger partial charge in [0.15, 0.2) is 11.5 Å². The molecule has 1 fully saturated rings. The van der Waals surface area contributed by atoms with Gasteiger partial charge in [0.2, 0.25) is 0 Å². The fourth-order valence-corrected chi connectivity index (χ4v) is 2.60. The van der Waals surface area contributed by atoms with Crippen LogP contribution in [0.4, 0.5) is 0 Å². The maximum Gasteiger partial charge on any atom is 0.161 e. The minimum Gasteiger partial charge on any atom is -0.490 e. The molecule has 0 aromatic heterocycles. The van der Waals surface area contributed by atoms with Gasteiger partial charge in [0.25, 0.3) is 0 Å². The molecular weight excluding hydrogens is 254 g/mol. The average Bonchev–Trinajstić information content (AvgIpc) is 2.40. The largest absolute Gasteiger partial charge is 0.490 e. The van der Waals surface area contributed by atoms with Crippen LogP contribution in [0, 0.1) is 0 Å². The molecule has 1 saturated heterocycles. The zero-order valence-corrected chi connectivity index (χ0v) is 12.7. The Hall–Kier alpha value is -1.26. The van der Waals surface area contributed by atoms with E-state index in [9.17, 15) is 0 Å². The number of hydrogen-bond acceptors (Lipinski definition) is 4. The molecule has 0 unspecified atom stereocenters. The highest BCUT2D eigenvalue weighted by atomic mass is 16.5. The van der Waals surface area contributed by atoms with Crippen molar-refractivity contribution in [3.05, 3.63) is 24.3 Å². The summed E-state index contributed by atoms with van der Waals surface area (Å²) in [7, 11) is 0. The van der Waals surface area contributed by atoms with Crippen molar-refractivity contribution >= 4 is 0 Å². The van der Waals surface area contributed by atoms with Crippen molar-refractivity contribution in [2.24, 2.45) is 0 Å². The summed E-state index contributed by atoms with van der Waals surface area (Å²) in [6, 6.07) is 7.83. The second-order valence-electron chi connectivity index (χ2n) is 5.25. The van der Waals surface area contributed by atoms with Crippen LogP contribution in [0.5, 0.6) is 11.5 Å². The smallest absolute Gasteiger partial charge is 0.161 e. The Morgan fingerprint density at radius 2 is 1.70 bits per heavy atom. The fraction of sp³-hybridized carbons (Fsp3) is 0.625. The van der Waals surface area contributed by atoms with E-state index in [2.05, 4.69) is 18.7 Å². The molecule has 1 aromatic carbocycles. The van der Waals surface area contributed by atoms with Crippen LogP contribution < -0.4 is 9.47 Å². The van der Waals surface area contributed by atoms with Crippen molar-refractivity contribution in [2.75, 3.05) is 32.8 Å². The Kier molecular flexibility index (Phi) is 5.68. The van der Waals surface area contributed by atoms with Gasteiger partial charge in [0.05, 0.1) is 18.8 Å². The quantitative estimate of drug-likeness (QED) is 0.801. The van der Waals surface area contributed by atoms with Crippen molar-refractivity contribution in [3.8, 4) is 11.5 Å². The molecule has 1 aliphatic heterocycles. The average molecular weight is 279 g/mol. The Morgan fingerprint density at radius 1 is 1.10 bits per heavy atom. The van der Waals surface area contributed by atoms with Gasteiger partial charge in [-0.1, -0.05) is 12.1 Å². The molecule has 0 amide bonds. The van der Waals surface area contributed by atoms with E-state index in [1.165, 1.54) is 0 Å². The molecule has 0 aliphatic carbocycles. The minimum absolute atomic E-state index is 0.300. The molecule has 4 nitrogen and oxygen atoms in total. The minimum atomic E-state index is 0.300. The van der Waals surface area contributed by atoms with Crippen LogP contribution in [-0.4, -0.2) is 50.0 Å².